The summed E-state index contributed by atoms with van der Waals surface area (Å²) in [6, 6.07) is 7.23. The maximum atomic E-state index is 12.6. The second-order valence-corrected chi connectivity index (χ2v) is 7.00. The molecule has 1 aromatic rings. The number of thiol groups is 1. The molecule has 1 saturated heterocycles. The average Bonchev–Trinajstić information content (AvgIpc) is 2.65. The first kappa shape index (κ1) is 22.7. The predicted molar refractivity (Wildman–Crippen MR) is 103 cm³/mol. The lowest BCUT2D eigenvalue weighted by Gasteiger charge is -2.43. The molecule has 0 aromatic heterocycles. The minimum absolute atomic E-state index is 0.201. The Labute approximate surface area is 173 Å². The van der Waals surface area contributed by atoms with Gasteiger partial charge in [0.25, 0.3) is 0 Å². The number of esters is 3. The summed E-state index contributed by atoms with van der Waals surface area (Å²) in [6.45, 7) is 3.47. The fourth-order valence-corrected chi connectivity index (χ4v) is 3.21. The zero-order valence-electron chi connectivity index (χ0n) is 16.2. The van der Waals surface area contributed by atoms with Gasteiger partial charge >= 0.3 is 17.9 Å². The van der Waals surface area contributed by atoms with Crippen molar-refractivity contribution in [1.82, 2.24) is 5.32 Å². The van der Waals surface area contributed by atoms with Crippen molar-refractivity contribution < 1.29 is 38.1 Å². The van der Waals surface area contributed by atoms with Crippen molar-refractivity contribution in [3.05, 3.63) is 35.9 Å². The van der Waals surface area contributed by atoms with E-state index in [1.807, 2.05) is 0 Å². The number of rotatable bonds is 6. The standard InChI is InChI=1S/C19H23NO8S/c1-10(21)20-15-16(28-18(24)13-7-5-4-6-8-13)17(29)14(9-25-11(2)22)27-19(15)26-12(3)23/h4-8,14-17,19,29H,9H2,1-3H3,(H,20,21)/t14-,15-,16-,17-,19-/m1/s1. The monoisotopic (exact) mass is 425 g/mol. The highest BCUT2D eigenvalue weighted by Crippen LogP contribution is 2.29. The molecule has 1 aliphatic rings. The topological polar surface area (TPSA) is 117 Å². The third-order valence-corrected chi connectivity index (χ3v) is 4.66. The molecule has 1 fully saturated rings. The zero-order chi connectivity index (χ0) is 21.6. The summed E-state index contributed by atoms with van der Waals surface area (Å²) in [5.74, 6) is -2.31. The molecule has 1 N–H and O–H groups in total. The molecule has 29 heavy (non-hydrogen) atoms. The number of hydrogen-bond donors (Lipinski definition) is 2. The van der Waals surface area contributed by atoms with Gasteiger partial charge in [-0.15, -0.1) is 0 Å². The summed E-state index contributed by atoms with van der Waals surface area (Å²) in [5.41, 5.74) is 0.293. The van der Waals surface area contributed by atoms with Crippen molar-refractivity contribution in [3.8, 4) is 0 Å². The molecule has 0 bridgehead atoms. The van der Waals surface area contributed by atoms with E-state index >= 15 is 0 Å². The minimum Gasteiger partial charge on any atom is -0.463 e. The molecule has 5 atom stereocenters. The molecule has 10 heteroatoms. The molecule has 1 heterocycles. The Morgan fingerprint density at radius 3 is 2.24 bits per heavy atom. The van der Waals surface area contributed by atoms with Crippen LogP contribution in [-0.4, -0.2) is 60.2 Å². The molecule has 158 valence electrons. The Balaban J connectivity index is 2.31. The summed E-state index contributed by atoms with van der Waals surface area (Å²) < 4.78 is 21.4. The lowest BCUT2D eigenvalue weighted by atomic mass is 9.98. The van der Waals surface area contributed by atoms with Crippen molar-refractivity contribution in [2.75, 3.05) is 6.61 Å². The molecule has 0 saturated carbocycles. The number of hydrogen-bond acceptors (Lipinski definition) is 9. The number of nitrogens with one attached hydrogen (secondary N) is 1. The van der Waals surface area contributed by atoms with Gasteiger partial charge in [-0.1, -0.05) is 18.2 Å². The molecule has 0 unspecified atom stereocenters. The molecule has 1 aliphatic heterocycles. The Bertz CT molecular complexity index is 756. The van der Waals surface area contributed by atoms with Crippen molar-refractivity contribution in [3.63, 3.8) is 0 Å². The molecule has 1 aromatic carbocycles. The van der Waals surface area contributed by atoms with Gasteiger partial charge in [0.2, 0.25) is 12.2 Å². The van der Waals surface area contributed by atoms with E-state index in [1.54, 1.807) is 30.3 Å². The first-order chi connectivity index (χ1) is 13.7. The summed E-state index contributed by atoms with van der Waals surface area (Å²) in [5, 5.41) is 1.80. The van der Waals surface area contributed by atoms with E-state index in [4.69, 9.17) is 18.9 Å². The van der Waals surface area contributed by atoms with E-state index in [-0.39, 0.29) is 6.61 Å². The van der Waals surface area contributed by atoms with Gasteiger partial charge in [0.15, 0.2) is 0 Å². The predicted octanol–water partition coefficient (Wildman–Crippen LogP) is 0.866. The van der Waals surface area contributed by atoms with Gasteiger partial charge in [-0.05, 0) is 12.1 Å². The van der Waals surface area contributed by atoms with Crippen molar-refractivity contribution in [2.24, 2.45) is 0 Å². The highest BCUT2D eigenvalue weighted by atomic mass is 32.1. The van der Waals surface area contributed by atoms with Gasteiger partial charge in [0.05, 0.1) is 10.8 Å². The Hall–Kier alpha value is -2.59. The molecular formula is C19H23NO8S. The first-order valence-corrected chi connectivity index (χ1v) is 9.38. The van der Waals surface area contributed by atoms with Crippen LogP contribution in [0.1, 0.15) is 31.1 Å². The highest BCUT2D eigenvalue weighted by molar-refractivity contribution is 7.81. The van der Waals surface area contributed by atoms with E-state index in [9.17, 15) is 19.2 Å². The third-order valence-electron chi connectivity index (χ3n) is 4.03. The summed E-state index contributed by atoms with van der Waals surface area (Å²) in [7, 11) is 0. The van der Waals surface area contributed by atoms with Crippen LogP contribution in [0, 0.1) is 0 Å². The molecule has 9 nitrogen and oxygen atoms in total. The Morgan fingerprint density at radius 1 is 1.03 bits per heavy atom. The van der Waals surface area contributed by atoms with Crippen LogP contribution in [0.2, 0.25) is 0 Å². The molecule has 0 radical (unpaired) electrons. The lowest BCUT2D eigenvalue weighted by molar-refractivity contribution is -0.231. The van der Waals surface area contributed by atoms with Gasteiger partial charge in [-0.2, -0.15) is 12.6 Å². The molecular weight excluding hydrogens is 402 g/mol. The van der Waals surface area contributed by atoms with Gasteiger partial charge < -0.3 is 24.3 Å². The maximum absolute atomic E-state index is 12.6. The fourth-order valence-electron chi connectivity index (χ4n) is 2.81. The van der Waals surface area contributed by atoms with Crippen molar-refractivity contribution >= 4 is 36.4 Å². The van der Waals surface area contributed by atoms with Gasteiger partial charge in [0.1, 0.15) is 24.9 Å². The van der Waals surface area contributed by atoms with Crippen LogP contribution in [0.25, 0.3) is 0 Å². The van der Waals surface area contributed by atoms with E-state index in [2.05, 4.69) is 17.9 Å². The third kappa shape index (κ3) is 6.47. The van der Waals surface area contributed by atoms with E-state index in [0.717, 1.165) is 0 Å². The Morgan fingerprint density at radius 2 is 1.69 bits per heavy atom. The number of carbonyl (C=O) groups excluding carboxylic acids is 4. The number of carbonyl (C=O) groups is 4. The fraction of sp³-hybridized carbons (Fsp3) is 0.474. The molecule has 0 aliphatic carbocycles. The first-order valence-electron chi connectivity index (χ1n) is 8.86. The maximum Gasteiger partial charge on any atom is 0.338 e. The largest absolute Gasteiger partial charge is 0.463 e. The van der Waals surface area contributed by atoms with Crippen LogP contribution in [0.3, 0.4) is 0 Å². The van der Waals surface area contributed by atoms with Crippen LogP contribution in [-0.2, 0) is 33.3 Å². The van der Waals surface area contributed by atoms with E-state index in [0.29, 0.717) is 5.56 Å². The zero-order valence-corrected chi connectivity index (χ0v) is 17.1. The SMILES string of the molecule is CC(=O)N[C@H]1[C@H](OC(C)=O)O[C@H](COC(C)=O)[C@@H](S)[C@@H]1OC(=O)c1ccccc1. The number of amides is 1. The second kappa shape index (κ2) is 10.3. The van der Waals surface area contributed by atoms with Gasteiger partial charge in [-0.25, -0.2) is 4.79 Å². The van der Waals surface area contributed by atoms with Crippen LogP contribution in [0.4, 0.5) is 0 Å². The van der Waals surface area contributed by atoms with Crippen LogP contribution < -0.4 is 5.32 Å². The van der Waals surface area contributed by atoms with Crippen molar-refractivity contribution in [2.45, 2.75) is 50.6 Å². The normalized spacial score (nSPS) is 26.1. The molecule has 1 amide bonds. The minimum atomic E-state index is -1.27. The summed E-state index contributed by atoms with van der Waals surface area (Å²) >= 11 is 4.47. The van der Waals surface area contributed by atoms with E-state index in [1.165, 1.54) is 20.8 Å². The average molecular weight is 425 g/mol. The number of ether oxygens (including phenoxy) is 4. The summed E-state index contributed by atoms with van der Waals surface area (Å²) in [6.07, 6.45) is -3.16. The molecule has 2 rings (SSSR count). The smallest absolute Gasteiger partial charge is 0.338 e. The lowest BCUT2D eigenvalue weighted by Crippen LogP contribution is -2.64. The van der Waals surface area contributed by atoms with Crippen LogP contribution >= 0.6 is 12.6 Å². The van der Waals surface area contributed by atoms with Gasteiger partial charge in [0, 0.05) is 20.8 Å². The van der Waals surface area contributed by atoms with Crippen LogP contribution in [0.5, 0.6) is 0 Å². The van der Waals surface area contributed by atoms with Crippen LogP contribution in [0.15, 0.2) is 30.3 Å². The van der Waals surface area contributed by atoms with E-state index < -0.39 is 53.6 Å². The molecule has 0 spiro atoms. The number of benzene rings is 1. The Kier molecular flexibility index (Phi) is 8.03. The quantitative estimate of drug-likeness (QED) is 0.392. The summed E-state index contributed by atoms with van der Waals surface area (Å²) in [4.78, 5) is 47.0. The van der Waals surface area contributed by atoms with Crippen molar-refractivity contribution in [1.29, 1.82) is 0 Å². The second-order valence-electron chi connectivity index (χ2n) is 6.41. The van der Waals surface area contributed by atoms with Gasteiger partial charge in [-0.3, -0.25) is 14.4 Å². The highest BCUT2D eigenvalue weighted by Gasteiger charge is 2.49.